The second kappa shape index (κ2) is 5.34. The molecule has 3 N–H and O–H groups in total. The van der Waals surface area contributed by atoms with E-state index in [2.05, 4.69) is 10.1 Å². The van der Waals surface area contributed by atoms with Crippen molar-refractivity contribution >= 4 is 22.6 Å². The molecular weight excluding hydrogens is 244 g/mol. The Bertz CT molecular complexity index is 639. The number of carbonyl (C=O) groups is 1. The maximum absolute atomic E-state index is 12.1. The second-order valence-electron chi connectivity index (χ2n) is 4.14. The van der Waals surface area contributed by atoms with Crippen LogP contribution in [0.15, 0.2) is 41.6 Å². The molecule has 98 valence electrons. The van der Waals surface area contributed by atoms with Gasteiger partial charge in [-0.05, 0) is 12.1 Å². The summed E-state index contributed by atoms with van der Waals surface area (Å²) in [6.45, 7) is 0.0455. The standard InChI is InChI=1S/C13H14N4O2/c1-17(8-12(14)16-19)13(18)11-7-6-9-4-2-3-5-10(9)15-11/h2-7,19H,8H2,1H3,(H2,14,16). The van der Waals surface area contributed by atoms with Crippen molar-refractivity contribution in [2.24, 2.45) is 10.9 Å². The summed E-state index contributed by atoms with van der Waals surface area (Å²) in [5, 5.41) is 12.3. The topological polar surface area (TPSA) is 91.8 Å². The molecule has 0 radical (unpaired) electrons. The summed E-state index contributed by atoms with van der Waals surface area (Å²) in [6.07, 6.45) is 0. The third-order valence-corrected chi connectivity index (χ3v) is 2.69. The fraction of sp³-hybridized carbons (Fsp3) is 0.154. The van der Waals surface area contributed by atoms with Crippen LogP contribution in [0.5, 0.6) is 0 Å². The number of amidine groups is 1. The summed E-state index contributed by atoms with van der Waals surface area (Å²) in [7, 11) is 1.57. The molecule has 0 aliphatic heterocycles. The van der Waals surface area contributed by atoms with Crippen LogP contribution in [-0.4, -0.2) is 40.4 Å². The molecule has 0 bridgehead atoms. The molecule has 6 heteroatoms. The van der Waals surface area contributed by atoms with Crippen LogP contribution >= 0.6 is 0 Å². The van der Waals surface area contributed by atoms with E-state index in [1.807, 2.05) is 30.3 Å². The Balaban J connectivity index is 2.26. The Morgan fingerprint density at radius 3 is 2.84 bits per heavy atom. The predicted molar refractivity (Wildman–Crippen MR) is 72.1 cm³/mol. The molecule has 19 heavy (non-hydrogen) atoms. The highest BCUT2D eigenvalue weighted by molar-refractivity contribution is 5.97. The number of hydrogen-bond donors (Lipinski definition) is 2. The van der Waals surface area contributed by atoms with E-state index in [4.69, 9.17) is 10.9 Å². The largest absolute Gasteiger partial charge is 0.409 e. The number of aromatic nitrogens is 1. The molecule has 1 aromatic carbocycles. The summed E-state index contributed by atoms with van der Waals surface area (Å²) in [6, 6.07) is 11.0. The highest BCUT2D eigenvalue weighted by atomic mass is 16.4. The molecule has 6 nitrogen and oxygen atoms in total. The van der Waals surface area contributed by atoms with Crippen molar-refractivity contribution in [3.05, 3.63) is 42.1 Å². The van der Waals surface area contributed by atoms with Gasteiger partial charge in [0.05, 0.1) is 12.1 Å². The van der Waals surface area contributed by atoms with Gasteiger partial charge < -0.3 is 15.8 Å². The number of benzene rings is 1. The van der Waals surface area contributed by atoms with Gasteiger partial charge in [0.15, 0.2) is 5.84 Å². The number of carbonyl (C=O) groups excluding carboxylic acids is 1. The van der Waals surface area contributed by atoms with E-state index < -0.39 is 0 Å². The molecule has 0 saturated heterocycles. The Hall–Kier alpha value is -2.63. The first-order valence-corrected chi connectivity index (χ1v) is 5.69. The molecule has 2 rings (SSSR count). The van der Waals surface area contributed by atoms with Crippen molar-refractivity contribution in [3.8, 4) is 0 Å². The fourth-order valence-corrected chi connectivity index (χ4v) is 1.73. The number of oxime groups is 1. The van der Waals surface area contributed by atoms with E-state index >= 15 is 0 Å². The van der Waals surface area contributed by atoms with Crippen molar-refractivity contribution in [1.29, 1.82) is 0 Å². The van der Waals surface area contributed by atoms with Crippen LogP contribution in [-0.2, 0) is 0 Å². The van der Waals surface area contributed by atoms with Gasteiger partial charge >= 0.3 is 0 Å². The number of hydrogen-bond acceptors (Lipinski definition) is 4. The molecule has 0 aliphatic carbocycles. The van der Waals surface area contributed by atoms with Crippen LogP contribution in [0.3, 0.4) is 0 Å². The van der Waals surface area contributed by atoms with Crippen molar-refractivity contribution in [2.45, 2.75) is 0 Å². The van der Waals surface area contributed by atoms with Crippen LogP contribution in [0.2, 0.25) is 0 Å². The van der Waals surface area contributed by atoms with Crippen LogP contribution in [0.25, 0.3) is 10.9 Å². The van der Waals surface area contributed by atoms with E-state index in [9.17, 15) is 4.79 Å². The monoisotopic (exact) mass is 258 g/mol. The number of amides is 1. The third-order valence-electron chi connectivity index (χ3n) is 2.69. The number of rotatable bonds is 3. The smallest absolute Gasteiger partial charge is 0.272 e. The minimum Gasteiger partial charge on any atom is -0.409 e. The first kappa shape index (κ1) is 12.8. The Morgan fingerprint density at radius 2 is 2.11 bits per heavy atom. The number of nitrogens with zero attached hydrogens (tertiary/aromatic N) is 3. The normalized spacial score (nSPS) is 11.5. The van der Waals surface area contributed by atoms with Crippen molar-refractivity contribution < 1.29 is 10.0 Å². The van der Waals surface area contributed by atoms with Gasteiger partial charge in [-0.15, -0.1) is 0 Å². The molecule has 1 aromatic heterocycles. The lowest BCUT2D eigenvalue weighted by Crippen LogP contribution is -2.35. The summed E-state index contributed by atoms with van der Waals surface area (Å²) < 4.78 is 0. The zero-order chi connectivity index (χ0) is 13.8. The minimum absolute atomic E-state index is 0.0309. The highest BCUT2D eigenvalue weighted by Gasteiger charge is 2.14. The summed E-state index contributed by atoms with van der Waals surface area (Å²) in [5.41, 5.74) is 6.45. The van der Waals surface area contributed by atoms with Gasteiger partial charge in [-0.2, -0.15) is 0 Å². The zero-order valence-corrected chi connectivity index (χ0v) is 10.4. The molecule has 0 saturated carbocycles. The molecule has 0 spiro atoms. The van der Waals surface area contributed by atoms with Gasteiger partial charge in [-0.25, -0.2) is 4.98 Å². The maximum Gasteiger partial charge on any atom is 0.272 e. The Morgan fingerprint density at radius 1 is 1.37 bits per heavy atom. The quantitative estimate of drug-likeness (QED) is 0.372. The molecular formula is C13H14N4O2. The summed E-state index contributed by atoms with van der Waals surface area (Å²) in [4.78, 5) is 17.7. The molecule has 0 fully saturated rings. The van der Waals surface area contributed by atoms with Gasteiger partial charge in [0.25, 0.3) is 5.91 Å². The van der Waals surface area contributed by atoms with Gasteiger partial charge in [0, 0.05) is 12.4 Å². The lowest BCUT2D eigenvalue weighted by atomic mass is 10.2. The molecule has 1 amide bonds. The fourth-order valence-electron chi connectivity index (χ4n) is 1.73. The Labute approximate surface area is 110 Å². The lowest BCUT2D eigenvalue weighted by molar-refractivity contribution is 0.0808. The zero-order valence-electron chi connectivity index (χ0n) is 10.4. The number of fused-ring (bicyclic) bond motifs is 1. The molecule has 0 unspecified atom stereocenters. The van der Waals surface area contributed by atoms with E-state index in [-0.39, 0.29) is 18.3 Å². The highest BCUT2D eigenvalue weighted by Crippen LogP contribution is 2.12. The molecule has 0 atom stereocenters. The molecule has 2 aromatic rings. The lowest BCUT2D eigenvalue weighted by Gasteiger charge is -2.15. The Kier molecular flexibility index (Phi) is 3.61. The molecule has 0 aliphatic rings. The van der Waals surface area contributed by atoms with E-state index in [1.54, 1.807) is 13.1 Å². The SMILES string of the molecule is CN(CC(N)=NO)C(=O)c1ccc2ccccc2n1. The van der Waals surface area contributed by atoms with Crippen molar-refractivity contribution in [1.82, 2.24) is 9.88 Å². The summed E-state index contributed by atoms with van der Waals surface area (Å²) in [5.74, 6) is -0.311. The van der Waals surface area contributed by atoms with E-state index in [1.165, 1.54) is 4.90 Å². The van der Waals surface area contributed by atoms with Crippen LogP contribution < -0.4 is 5.73 Å². The van der Waals surface area contributed by atoms with Crippen LogP contribution in [0, 0.1) is 0 Å². The summed E-state index contributed by atoms with van der Waals surface area (Å²) >= 11 is 0. The van der Waals surface area contributed by atoms with Crippen molar-refractivity contribution in [2.75, 3.05) is 13.6 Å². The first-order chi connectivity index (χ1) is 9.11. The van der Waals surface area contributed by atoms with Gasteiger partial charge in [-0.3, -0.25) is 4.79 Å². The van der Waals surface area contributed by atoms with Gasteiger partial charge in [0.2, 0.25) is 0 Å². The average molecular weight is 258 g/mol. The molecule has 1 heterocycles. The number of pyridine rings is 1. The van der Waals surface area contributed by atoms with Gasteiger partial charge in [-0.1, -0.05) is 29.4 Å². The van der Waals surface area contributed by atoms with Crippen molar-refractivity contribution in [3.63, 3.8) is 0 Å². The van der Waals surface area contributed by atoms with Crippen LogP contribution in [0.4, 0.5) is 0 Å². The maximum atomic E-state index is 12.1. The predicted octanol–water partition coefficient (Wildman–Crippen LogP) is 1.05. The third kappa shape index (κ3) is 2.79. The second-order valence-corrected chi connectivity index (χ2v) is 4.14. The number of para-hydroxylation sites is 1. The minimum atomic E-state index is -0.280. The first-order valence-electron chi connectivity index (χ1n) is 5.69. The van der Waals surface area contributed by atoms with Gasteiger partial charge in [0.1, 0.15) is 5.69 Å². The van der Waals surface area contributed by atoms with Crippen LogP contribution in [0.1, 0.15) is 10.5 Å². The van der Waals surface area contributed by atoms with E-state index in [0.29, 0.717) is 5.69 Å². The average Bonchev–Trinajstić information content (AvgIpc) is 2.45. The number of likely N-dealkylation sites (N-methyl/N-ethyl adjacent to an activating group) is 1. The number of nitrogens with two attached hydrogens (primary N) is 1. The van der Waals surface area contributed by atoms with E-state index in [0.717, 1.165) is 10.9 Å².